The van der Waals surface area contributed by atoms with E-state index in [0.29, 0.717) is 0 Å². The predicted molar refractivity (Wildman–Crippen MR) is 26.3 cm³/mol. The summed E-state index contributed by atoms with van der Waals surface area (Å²) in [5, 5.41) is 6.28. The maximum atomic E-state index is 3.65. The lowest BCUT2D eigenvalue weighted by molar-refractivity contribution is 1.09. The van der Waals surface area contributed by atoms with E-state index < -0.39 is 0 Å². The quantitative estimate of drug-likeness (QED) is 0.589. The zero-order valence-corrected chi connectivity index (χ0v) is 4.57. The van der Waals surface area contributed by atoms with E-state index in [1.807, 2.05) is 0 Å². The van der Waals surface area contributed by atoms with Crippen LogP contribution in [0.1, 0.15) is 0 Å². The van der Waals surface area contributed by atoms with Crippen molar-refractivity contribution in [2.75, 3.05) is 0 Å². The maximum Gasteiger partial charge on any atom is 0.0629 e. The van der Waals surface area contributed by atoms with Crippen molar-refractivity contribution in [2.45, 2.75) is 0 Å². The van der Waals surface area contributed by atoms with Crippen molar-refractivity contribution in [3.8, 4) is 0 Å². The van der Waals surface area contributed by atoms with Gasteiger partial charge in [-0.3, -0.25) is 5.10 Å². The second kappa shape index (κ2) is 1.43. The second-order valence-corrected chi connectivity index (χ2v) is 1.83. The number of halogens is 1. The third-order valence-electron chi connectivity index (χ3n) is 0.465. The second-order valence-electron chi connectivity index (χ2n) is 0.917. The largest absolute Gasteiger partial charge is 0.285 e. The summed E-state index contributed by atoms with van der Waals surface area (Å²) in [6.07, 6.45) is 3.46. The van der Waals surface area contributed by atoms with Crippen molar-refractivity contribution in [3.05, 3.63) is 16.9 Å². The lowest BCUT2D eigenvalue weighted by Crippen LogP contribution is -1.53. The Labute approximate surface area is 43.7 Å². The fourth-order valence-corrected chi connectivity index (χ4v) is 0.440. The minimum Gasteiger partial charge on any atom is -0.285 e. The highest BCUT2D eigenvalue weighted by atomic mass is 79.9. The molecule has 0 atom stereocenters. The first kappa shape index (κ1) is 3.87. The first-order valence-corrected chi connectivity index (χ1v) is 2.33. The van der Waals surface area contributed by atoms with Crippen molar-refractivity contribution in [3.63, 3.8) is 0 Å². The van der Waals surface area contributed by atoms with Gasteiger partial charge in [0.2, 0.25) is 0 Å². The third kappa shape index (κ3) is 0.597. The minimum atomic E-state index is 0.988. The molecule has 3 heteroatoms. The van der Waals surface area contributed by atoms with Crippen molar-refractivity contribution in [2.24, 2.45) is 0 Å². The van der Waals surface area contributed by atoms with Crippen LogP contribution >= 0.6 is 15.9 Å². The van der Waals surface area contributed by atoms with Gasteiger partial charge in [-0.05, 0) is 15.9 Å². The van der Waals surface area contributed by atoms with E-state index in [4.69, 9.17) is 0 Å². The van der Waals surface area contributed by atoms with Crippen LogP contribution in [0.4, 0.5) is 0 Å². The smallest absolute Gasteiger partial charge is 0.0629 e. The van der Waals surface area contributed by atoms with Crippen molar-refractivity contribution >= 4 is 15.9 Å². The van der Waals surface area contributed by atoms with Gasteiger partial charge in [-0.2, -0.15) is 5.10 Å². The molecule has 0 spiro atoms. The molecule has 1 rings (SSSR count). The van der Waals surface area contributed by atoms with Gasteiger partial charge >= 0.3 is 0 Å². The van der Waals surface area contributed by atoms with Crippen LogP contribution in [0, 0.1) is 0 Å². The summed E-state index contributed by atoms with van der Waals surface area (Å²) in [5.74, 6) is 0. The summed E-state index contributed by atoms with van der Waals surface area (Å²) in [7, 11) is 0. The topological polar surface area (TPSA) is 28.7 Å². The van der Waals surface area contributed by atoms with Crippen LogP contribution in [0.15, 0.2) is 16.9 Å². The third-order valence-corrected chi connectivity index (χ3v) is 0.899. The molecule has 0 radical (unpaired) electrons. The maximum absolute atomic E-state index is 3.65. The molecule has 1 aromatic heterocycles. The number of nitrogens with zero attached hydrogens (tertiary/aromatic N) is 1. The predicted octanol–water partition coefficient (Wildman–Crippen LogP) is 1.17. The molecular formula is C3H3BrN2. The lowest BCUT2D eigenvalue weighted by Gasteiger charge is -1.59. The molecule has 1 N–H and O–H groups in total. The van der Waals surface area contributed by atoms with Crippen LogP contribution < -0.4 is 0 Å². The van der Waals surface area contributed by atoms with Crippen molar-refractivity contribution < 1.29 is 0 Å². The summed E-state index contributed by atoms with van der Waals surface area (Å²) in [5.41, 5.74) is 0. The minimum absolute atomic E-state index is 0.988. The molecule has 6 heavy (non-hydrogen) atoms. The summed E-state index contributed by atoms with van der Waals surface area (Å²) < 4.78 is 0.988. The average molecular weight is 149 g/mol. The number of nitrogens with one attached hydrogen (secondary N) is 1. The van der Waals surface area contributed by atoms with Crippen LogP contribution in [0.25, 0.3) is 0 Å². The normalized spacial score (nSPS) is 8.83. The number of hydrogen-bond acceptors (Lipinski definition) is 1. The summed E-state index contributed by atoms with van der Waals surface area (Å²) in [4.78, 5) is 0. The Morgan fingerprint density at radius 1 is 1.83 bits per heavy atom. The van der Waals surface area contributed by atoms with Crippen LogP contribution in [0.5, 0.6) is 0 Å². The molecule has 2 nitrogen and oxygen atoms in total. The van der Waals surface area contributed by atoms with E-state index in [2.05, 4.69) is 26.1 Å². The monoisotopic (exact) mass is 148 g/mol. The zero-order valence-electron chi connectivity index (χ0n) is 2.98. The summed E-state index contributed by atoms with van der Waals surface area (Å²) in [6, 6.07) is 0. The number of aromatic amines is 1. The van der Waals surface area contributed by atoms with Crippen molar-refractivity contribution in [1.82, 2.24) is 10.2 Å². The van der Waals surface area contributed by atoms with Crippen molar-refractivity contribution in [1.29, 1.82) is 0 Å². The Bertz CT molecular complexity index is 112. The van der Waals surface area contributed by atoms with Gasteiger partial charge in [-0.25, -0.2) is 0 Å². The van der Waals surface area contributed by atoms with Gasteiger partial charge in [0.25, 0.3) is 0 Å². The molecule has 0 aliphatic heterocycles. The molecule has 0 bridgehead atoms. The van der Waals surface area contributed by atoms with E-state index in [0.717, 1.165) is 4.47 Å². The van der Waals surface area contributed by atoms with Crippen LogP contribution in [-0.2, 0) is 0 Å². The number of aromatic nitrogens is 2. The summed E-state index contributed by atoms with van der Waals surface area (Å²) >= 11 is 3.19. The molecule has 0 saturated heterocycles. The molecule has 0 aliphatic carbocycles. The Morgan fingerprint density at radius 3 is 2.83 bits per heavy atom. The highest BCUT2D eigenvalue weighted by Crippen LogP contribution is 2.01. The molecule has 1 aromatic rings. The molecule has 0 aliphatic rings. The number of rotatable bonds is 0. The molecule has 0 unspecified atom stereocenters. The number of hydrogen-bond donors (Lipinski definition) is 1. The highest BCUT2D eigenvalue weighted by molar-refractivity contribution is 9.10. The lowest BCUT2D eigenvalue weighted by atomic mass is 11.2. The molecular weight excluding hydrogens is 146 g/mol. The van der Waals surface area contributed by atoms with Crippen LogP contribution in [0.2, 0.25) is 0 Å². The molecule has 0 saturated carbocycles. The Morgan fingerprint density at radius 2 is 2.67 bits per heavy atom. The molecule has 1 heterocycles. The Balaban J connectivity index is 3.05. The van der Waals surface area contributed by atoms with Gasteiger partial charge in [0.05, 0.1) is 10.7 Å². The van der Waals surface area contributed by atoms with E-state index in [1.54, 1.807) is 12.4 Å². The first-order chi connectivity index (χ1) is 2.89. The fraction of sp³-hybridized carbons (Fsp3) is 0. The SMILES string of the molecule is Brc1[13cH]n[nH][13cH]1. The van der Waals surface area contributed by atoms with E-state index in [-0.39, 0.29) is 0 Å². The van der Waals surface area contributed by atoms with Crippen LogP contribution in [-0.4, -0.2) is 10.2 Å². The molecule has 0 fully saturated rings. The van der Waals surface area contributed by atoms with E-state index >= 15 is 0 Å². The van der Waals surface area contributed by atoms with E-state index in [1.165, 1.54) is 0 Å². The number of H-pyrrole nitrogens is 1. The summed E-state index contributed by atoms with van der Waals surface area (Å²) in [6.45, 7) is 0. The van der Waals surface area contributed by atoms with Gasteiger partial charge < -0.3 is 0 Å². The first-order valence-electron chi connectivity index (χ1n) is 1.54. The van der Waals surface area contributed by atoms with Crippen LogP contribution in [0.3, 0.4) is 0 Å². The van der Waals surface area contributed by atoms with Gasteiger partial charge in [0.1, 0.15) is 0 Å². The standard InChI is InChI=1S/C3H3BrN2/c4-3-1-5-6-2-3/h1-2H,(H,5,6)/i1+1,2+1. The Hall–Kier alpha value is -0.310. The van der Waals surface area contributed by atoms with Gasteiger partial charge in [-0.15, -0.1) is 0 Å². The fourth-order valence-electron chi connectivity index (χ4n) is 0.235. The van der Waals surface area contributed by atoms with Gasteiger partial charge in [0, 0.05) is 6.20 Å². The van der Waals surface area contributed by atoms with Gasteiger partial charge in [-0.1, -0.05) is 0 Å². The highest BCUT2D eigenvalue weighted by Gasteiger charge is 1.77. The molecule has 0 aromatic carbocycles. The zero-order chi connectivity index (χ0) is 4.41. The van der Waals surface area contributed by atoms with Gasteiger partial charge in [0.15, 0.2) is 0 Å². The average Bonchev–Trinajstić information content (AvgIpc) is 1.86. The van der Waals surface area contributed by atoms with E-state index in [9.17, 15) is 0 Å². The molecule has 0 amide bonds. The Kier molecular flexibility index (Phi) is 0.919. The molecule has 32 valence electrons.